The zero-order valence-electron chi connectivity index (χ0n) is 11.9. The highest BCUT2D eigenvalue weighted by atomic mass is 35.5. The number of carbonyl (C=O) groups is 1. The van der Waals surface area contributed by atoms with Crippen LogP contribution in [0.25, 0.3) is 0 Å². The quantitative estimate of drug-likeness (QED) is 0.635. The van der Waals surface area contributed by atoms with E-state index in [1.165, 1.54) is 18.2 Å². The third-order valence-electron chi connectivity index (χ3n) is 3.61. The Labute approximate surface area is 127 Å². The monoisotopic (exact) mass is 312 g/mol. The van der Waals surface area contributed by atoms with E-state index in [9.17, 15) is 14.9 Å². The number of morpholine rings is 1. The third kappa shape index (κ3) is 3.16. The molecule has 7 heteroatoms. The number of nitro groups is 1. The van der Waals surface area contributed by atoms with Crippen molar-refractivity contribution in [2.24, 2.45) is 0 Å². The molecule has 0 aliphatic carbocycles. The van der Waals surface area contributed by atoms with Gasteiger partial charge in [-0.15, -0.1) is 0 Å². The van der Waals surface area contributed by atoms with Crippen LogP contribution < -0.4 is 0 Å². The Morgan fingerprint density at radius 3 is 2.90 bits per heavy atom. The van der Waals surface area contributed by atoms with Crippen molar-refractivity contribution in [3.63, 3.8) is 0 Å². The normalized spacial score (nSPS) is 22.1. The van der Waals surface area contributed by atoms with Gasteiger partial charge in [-0.05, 0) is 19.4 Å². The fraction of sp³-hybridized carbons (Fsp3) is 0.500. The lowest BCUT2D eigenvalue weighted by molar-refractivity contribution is -0.384. The Morgan fingerprint density at radius 2 is 2.29 bits per heavy atom. The summed E-state index contributed by atoms with van der Waals surface area (Å²) in [6.07, 6.45) is 0.694. The van der Waals surface area contributed by atoms with Crippen molar-refractivity contribution in [1.29, 1.82) is 0 Å². The van der Waals surface area contributed by atoms with E-state index in [1.54, 1.807) is 4.90 Å². The van der Waals surface area contributed by atoms with Crippen molar-refractivity contribution in [2.75, 3.05) is 13.2 Å². The van der Waals surface area contributed by atoms with Crippen LogP contribution in [0.3, 0.4) is 0 Å². The maximum absolute atomic E-state index is 12.7. The molecule has 1 aliphatic heterocycles. The molecular formula is C14H17ClN2O4. The number of rotatable bonds is 3. The number of nitrogens with zero attached hydrogens (tertiary/aromatic N) is 2. The van der Waals surface area contributed by atoms with Gasteiger partial charge < -0.3 is 9.64 Å². The first-order chi connectivity index (χ1) is 9.95. The Bertz CT molecular complexity index is 564. The van der Waals surface area contributed by atoms with E-state index >= 15 is 0 Å². The van der Waals surface area contributed by atoms with Crippen LogP contribution in [0.2, 0.25) is 5.02 Å². The molecule has 0 spiro atoms. The predicted molar refractivity (Wildman–Crippen MR) is 78.6 cm³/mol. The van der Waals surface area contributed by atoms with Crippen LogP contribution in [0.1, 0.15) is 30.6 Å². The molecular weight excluding hydrogens is 296 g/mol. The van der Waals surface area contributed by atoms with E-state index in [0.717, 1.165) is 6.42 Å². The van der Waals surface area contributed by atoms with E-state index in [1.807, 2.05) is 13.8 Å². The van der Waals surface area contributed by atoms with Crippen LogP contribution in [0, 0.1) is 10.1 Å². The predicted octanol–water partition coefficient (Wildman–Crippen LogP) is 2.89. The topological polar surface area (TPSA) is 72.7 Å². The minimum absolute atomic E-state index is 0.0379. The molecule has 1 fully saturated rings. The summed E-state index contributed by atoms with van der Waals surface area (Å²) >= 11 is 6.02. The fourth-order valence-electron chi connectivity index (χ4n) is 2.41. The maximum atomic E-state index is 12.7. The Morgan fingerprint density at radius 1 is 1.57 bits per heavy atom. The first-order valence-corrected chi connectivity index (χ1v) is 7.19. The van der Waals surface area contributed by atoms with Crippen molar-refractivity contribution < 1.29 is 14.5 Å². The van der Waals surface area contributed by atoms with Gasteiger partial charge in [-0.2, -0.15) is 0 Å². The smallest absolute Gasteiger partial charge is 0.288 e. The molecule has 0 saturated carbocycles. The highest BCUT2D eigenvalue weighted by Crippen LogP contribution is 2.30. The van der Waals surface area contributed by atoms with Crippen molar-refractivity contribution in [3.05, 3.63) is 38.9 Å². The van der Waals surface area contributed by atoms with Gasteiger partial charge in [0.1, 0.15) is 5.02 Å². The lowest BCUT2D eigenvalue weighted by Crippen LogP contribution is -2.51. The molecule has 2 atom stereocenters. The summed E-state index contributed by atoms with van der Waals surface area (Å²) in [4.78, 5) is 24.7. The maximum Gasteiger partial charge on any atom is 0.288 e. The Kier molecular flexibility index (Phi) is 4.80. The summed E-state index contributed by atoms with van der Waals surface area (Å²) in [5.74, 6) is -0.286. The minimum Gasteiger partial charge on any atom is -0.375 e. The lowest BCUT2D eigenvalue weighted by atomic mass is 10.1. The molecule has 0 aromatic heterocycles. The van der Waals surface area contributed by atoms with E-state index in [4.69, 9.17) is 16.3 Å². The average molecular weight is 313 g/mol. The van der Waals surface area contributed by atoms with Gasteiger partial charge in [-0.25, -0.2) is 0 Å². The number of hydrogen-bond donors (Lipinski definition) is 0. The molecule has 0 bridgehead atoms. The van der Waals surface area contributed by atoms with Crippen molar-refractivity contribution in [3.8, 4) is 0 Å². The molecule has 1 aromatic rings. The van der Waals surface area contributed by atoms with Crippen molar-refractivity contribution >= 4 is 23.2 Å². The van der Waals surface area contributed by atoms with Gasteiger partial charge in [0.2, 0.25) is 0 Å². The van der Waals surface area contributed by atoms with Gasteiger partial charge in [-0.3, -0.25) is 14.9 Å². The van der Waals surface area contributed by atoms with Gasteiger partial charge >= 0.3 is 0 Å². The first kappa shape index (κ1) is 15.7. The van der Waals surface area contributed by atoms with Crippen LogP contribution in [0.4, 0.5) is 5.69 Å². The van der Waals surface area contributed by atoms with Gasteiger partial charge in [0, 0.05) is 12.6 Å². The number of halogens is 1. The van der Waals surface area contributed by atoms with E-state index in [2.05, 4.69) is 0 Å². The first-order valence-electron chi connectivity index (χ1n) is 6.81. The number of nitro benzene ring substituents is 1. The molecule has 1 aliphatic rings. The zero-order valence-corrected chi connectivity index (χ0v) is 12.7. The van der Waals surface area contributed by atoms with E-state index in [-0.39, 0.29) is 34.3 Å². The van der Waals surface area contributed by atoms with Gasteiger partial charge in [0.05, 0.1) is 29.2 Å². The Hall–Kier alpha value is -1.66. The SMILES string of the molecule is CCC1COC(C)CN1C(=O)c1cccc([N+](=O)[O-])c1Cl. The number of benzene rings is 1. The van der Waals surface area contributed by atoms with Crippen molar-refractivity contribution in [2.45, 2.75) is 32.4 Å². The highest BCUT2D eigenvalue weighted by Gasteiger charge is 2.32. The largest absolute Gasteiger partial charge is 0.375 e. The molecule has 1 aromatic carbocycles. The highest BCUT2D eigenvalue weighted by molar-refractivity contribution is 6.35. The second-order valence-corrected chi connectivity index (χ2v) is 5.44. The molecule has 2 unspecified atom stereocenters. The van der Waals surface area contributed by atoms with Crippen LogP contribution in [-0.2, 0) is 4.74 Å². The number of carbonyl (C=O) groups excluding carboxylic acids is 1. The number of amides is 1. The average Bonchev–Trinajstić information content (AvgIpc) is 2.46. The molecule has 114 valence electrons. The molecule has 1 saturated heterocycles. The summed E-state index contributed by atoms with van der Waals surface area (Å²) in [6, 6.07) is 4.24. The summed E-state index contributed by atoms with van der Waals surface area (Å²) < 4.78 is 5.55. The molecule has 0 N–H and O–H groups in total. The molecule has 1 amide bonds. The number of ether oxygens (including phenoxy) is 1. The van der Waals surface area contributed by atoms with Crippen LogP contribution >= 0.6 is 11.6 Å². The summed E-state index contributed by atoms with van der Waals surface area (Å²) in [6.45, 7) is 4.78. The second kappa shape index (κ2) is 6.41. The zero-order chi connectivity index (χ0) is 15.6. The number of hydrogen-bond acceptors (Lipinski definition) is 4. The molecule has 0 radical (unpaired) electrons. The van der Waals surface area contributed by atoms with Gasteiger partial charge in [0.25, 0.3) is 11.6 Å². The summed E-state index contributed by atoms with van der Waals surface area (Å²) in [7, 11) is 0. The van der Waals surface area contributed by atoms with E-state index < -0.39 is 4.92 Å². The van der Waals surface area contributed by atoms with Crippen LogP contribution in [-0.4, -0.2) is 41.0 Å². The van der Waals surface area contributed by atoms with Crippen molar-refractivity contribution in [1.82, 2.24) is 4.90 Å². The summed E-state index contributed by atoms with van der Waals surface area (Å²) in [5, 5.41) is 10.8. The lowest BCUT2D eigenvalue weighted by Gasteiger charge is -2.38. The standard InChI is InChI=1S/C14H17ClN2O4/c1-3-10-8-21-9(2)7-16(10)14(18)11-5-4-6-12(13(11)15)17(19)20/h4-6,9-10H,3,7-8H2,1-2H3. The Balaban J connectivity index is 2.34. The summed E-state index contributed by atoms with van der Waals surface area (Å²) in [5.41, 5.74) is -0.0877. The third-order valence-corrected chi connectivity index (χ3v) is 4.00. The molecule has 2 rings (SSSR count). The van der Waals surface area contributed by atoms with E-state index in [0.29, 0.717) is 13.2 Å². The second-order valence-electron chi connectivity index (χ2n) is 5.06. The van der Waals surface area contributed by atoms with Crippen LogP contribution in [0.15, 0.2) is 18.2 Å². The van der Waals surface area contributed by atoms with Gasteiger partial charge in [0.15, 0.2) is 0 Å². The fourth-order valence-corrected chi connectivity index (χ4v) is 2.69. The molecule has 21 heavy (non-hydrogen) atoms. The minimum atomic E-state index is -0.585. The van der Waals surface area contributed by atoms with Crippen LogP contribution in [0.5, 0.6) is 0 Å². The molecule has 1 heterocycles. The van der Waals surface area contributed by atoms with Gasteiger partial charge in [-0.1, -0.05) is 24.6 Å². The molecule has 6 nitrogen and oxygen atoms in total.